The molecule has 1 N–H and O–H groups in total. The van der Waals surface area contributed by atoms with Crippen molar-refractivity contribution >= 4 is 17.5 Å². The van der Waals surface area contributed by atoms with Crippen molar-refractivity contribution in [2.24, 2.45) is 5.92 Å². The van der Waals surface area contributed by atoms with Crippen LogP contribution in [0.4, 0.5) is 5.69 Å². The molecular weight excluding hydrogens is 328 g/mol. The van der Waals surface area contributed by atoms with E-state index >= 15 is 0 Å². The predicted molar refractivity (Wildman–Crippen MR) is 101 cm³/mol. The monoisotopic (exact) mass is 352 g/mol. The number of hydrogen-bond donors (Lipinski definition) is 1. The standard InChI is InChI=1S/C21H24N2O3/c1-14(2)20(24)22-18-12-16(8-9-19(18)26-3)21(25)23-11-10-15-6-4-5-7-17(15)13-23/h4-9,12,14H,10-11,13H2,1-3H3,(H,22,24). The van der Waals surface area contributed by atoms with E-state index < -0.39 is 0 Å². The zero-order valence-electron chi connectivity index (χ0n) is 15.4. The van der Waals surface area contributed by atoms with Gasteiger partial charge in [0.05, 0.1) is 12.8 Å². The van der Waals surface area contributed by atoms with Crippen LogP contribution in [0.5, 0.6) is 5.75 Å². The molecule has 5 heteroatoms. The van der Waals surface area contributed by atoms with Crippen molar-refractivity contribution < 1.29 is 14.3 Å². The summed E-state index contributed by atoms with van der Waals surface area (Å²) < 4.78 is 5.31. The summed E-state index contributed by atoms with van der Waals surface area (Å²) in [5.41, 5.74) is 3.56. The molecule has 0 aliphatic carbocycles. The second-order valence-corrected chi connectivity index (χ2v) is 6.80. The number of anilines is 1. The van der Waals surface area contributed by atoms with Crippen molar-refractivity contribution in [1.82, 2.24) is 4.90 Å². The van der Waals surface area contributed by atoms with E-state index in [0.29, 0.717) is 30.1 Å². The normalized spacial score (nSPS) is 13.3. The molecule has 136 valence electrons. The molecule has 0 bridgehead atoms. The van der Waals surface area contributed by atoms with Crippen LogP contribution in [0.25, 0.3) is 0 Å². The van der Waals surface area contributed by atoms with Crippen LogP contribution in [0.15, 0.2) is 42.5 Å². The highest BCUT2D eigenvalue weighted by Gasteiger charge is 2.22. The van der Waals surface area contributed by atoms with Crippen molar-refractivity contribution in [3.8, 4) is 5.75 Å². The first kappa shape index (κ1) is 18.0. The number of fused-ring (bicyclic) bond motifs is 1. The minimum absolute atomic E-state index is 0.0396. The summed E-state index contributed by atoms with van der Waals surface area (Å²) in [7, 11) is 1.55. The Labute approximate surface area is 154 Å². The van der Waals surface area contributed by atoms with Gasteiger partial charge < -0.3 is 15.0 Å². The fraction of sp³-hybridized carbons (Fsp3) is 0.333. The zero-order valence-corrected chi connectivity index (χ0v) is 15.4. The fourth-order valence-electron chi connectivity index (χ4n) is 3.07. The Morgan fingerprint density at radius 2 is 1.85 bits per heavy atom. The van der Waals surface area contributed by atoms with Gasteiger partial charge >= 0.3 is 0 Å². The van der Waals surface area contributed by atoms with Gasteiger partial charge in [0.15, 0.2) is 0 Å². The van der Waals surface area contributed by atoms with Gasteiger partial charge in [-0.15, -0.1) is 0 Å². The maximum absolute atomic E-state index is 13.0. The Morgan fingerprint density at radius 1 is 1.12 bits per heavy atom. The van der Waals surface area contributed by atoms with Crippen LogP contribution in [-0.2, 0) is 17.8 Å². The van der Waals surface area contributed by atoms with Gasteiger partial charge in [0, 0.05) is 24.6 Å². The molecule has 3 rings (SSSR count). The van der Waals surface area contributed by atoms with Crippen LogP contribution in [0.1, 0.15) is 35.3 Å². The van der Waals surface area contributed by atoms with Crippen molar-refractivity contribution in [1.29, 1.82) is 0 Å². The van der Waals surface area contributed by atoms with Gasteiger partial charge in [0.2, 0.25) is 5.91 Å². The third kappa shape index (κ3) is 3.72. The Hall–Kier alpha value is -2.82. The third-order valence-corrected chi connectivity index (χ3v) is 4.65. The Bertz CT molecular complexity index is 830. The number of hydrogen-bond acceptors (Lipinski definition) is 3. The average molecular weight is 352 g/mol. The molecule has 2 amide bonds. The van der Waals surface area contributed by atoms with E-state index in [1.165, 1.54) is 11.1 Å². The lowest BCUT2D eigenvalue weighted by atomic mass is 9.99. The molecule has 0 radical (unpaired) electrons. The summed E-state index contributed by atoms with van der Waals surface area (Å²) in [5, 5.41) is 2.84. The van der Waals surface area contributed by atoms with Crippen molar-refractivity contribution in [3.05, 3.63) is 59.2 Å². The van der Waals surface area contributed by atoms with E-state index in [1.807, 2.05) is 30.9 Å². The van der Waals surface area contributed by atoms with Crippen LogP contribution in [0.3, 0.4) is 0 Å². The summed E-state index contributed by atoms with van der Waals surface area (Å²) in [6.45, 7) is 4.94. The summed E-state index contributed by atoms with van der Waals surface area (Å²) in [6, 6.07) is 13.4. The molecule has 1 aliphatic heterocycles. The zero-order chi connectivity index (χ0) is 18.7. The average Bonchev–Trinajstić information content (AvgIpc) is 2.66. The van der Waals surface area contributed by atoms with Crippen LogP contribution in [-0.4, -0.2) is 30.4 Å². The largest absolute Gasteiger partial charge is 0.495 e. The minimum Gasteiger partial charge on any atom is -0.495 e. The molecule has 26 heavy (non-hydrogen) atoms. The molecule has 0 saturated heterocycles. The van der Waals surface area contributed by atoms with E-state index in [1.54, 1.807) is 25.3 Å². The number of methoxy groups -OCH3 is 1. The van der Waals surface area contributed by atoms with Gasteiger partial charge in [-0.05, 0) is 35.7 Å². The molecule has 0 unspecified atom stereocenters. The second kappa shape index (κ2) is 7.60. The molecule has 0 spiro atoms. The van der Waals surface area contributed by atoms with E-state index in [0.717, 1.165) is 6.42 Å². The number of carbonyl (C=O) groups is 2. The second-order valence-electron chi connectivity index (χ2n) is 6.80. The molecule has 2 aromatic rings. The van der Waals surface area contributed by atoms with Gasteiger partial charge in [-0.25, -0.2) is 0 Å². The number of nitrogens with zero attached hydrogens (tertiary/aromatic N) is 1. The number of rotatable bonds is 4. The predicted octanol–water partition coefficient (Wildman–Crippen LogP) is 3.49. The third-order valence-electron chi connectivity index (χ3n) is 4.65. The van der Waals surface area contributed by atoms with Crippen molar-refractivity contribution in [3.63, 3.8) is 0 Å². The quantitative estimate of drug-likeness (QED) is 0.916. The first-order valence-corrected chi connectivity index (χ1v) is 8.84. The first-order chi connectivity index (χ1) is 12.5. The topological polar surface area (TPSA) is 58.6 Å². The summed E-state index contributed by atoms with van der Waals surface area (Å²) in [6.07, 6.45) is 0.856. The highest BCUT2D eigenvalue weighted by atomic mass is 16.5. The number of carbonyl (C=O) groups excluding carboxylic acids is 2. The summed E-state index contributed by atoms with van der Waals surface area (Å²) in [4.78, 5) is 26.8. The van der Waals surface area contributed by atoms with Gasteiger partial charge in [-0.1, -0.05) is 38.1 Å². The Morgan fingerprint density at radius 3 is 2.54 bits per heavy atom. The van der Waals surface area contributed by atoms with E-state index in [9.17, 15) is 9.59 Å². The lowest BCUT2D eigenvalue weighted by molar-refractivity contribution is -0.118. The van der Waals surface area contributed by atoms with E-state index in [2.05, 4.69) is 17.4 Å². The van der Waals surface area contributed by atoms with E-state index in [-0.39, 0.29) is 17.7 Å². The molecule has 0 atom stereocenters. The first-order valence-electron chi connectivity index (χ1n) is 8.84. The molecular formula is C21H24N2O3. The number of amides is 2. The van der Waals surface area contributed by atoms with Crippen molar-refractivity contribution in [2.45, 2.75) is 26.8 Å². The molecule has 1 heterocycles. The lowest BCUT2D eigenvalue weighted by Gasteiger charge is -2.29. The smallest absolute Gasteiger partial charge is 0.254 e. The summed E-state index contributed by atoms with van der Waals surface area (Å²) in [5.74, 6) is 0.235. The highest BCUT2D eigenvalue weighted by Crippen LogP contribution is 2.28. The minimum atomic E-state index is -0.155. The number of benzene rings is 2. The van der Waals surface area contributed by atoms with Crippen LogP contribution in [0.2, 0.25) is 0 Å². The van der Waals surface area contributed by atoms with Crippen LogP contribution >= 0.6 is 0 Å². The Kier molecular flexibility index (Phi) is 5.26. The van der Waals surface area contributed by atoms with Gasteiger partial charge in [0.25, 0.3) is 5.91 Å². The Balaban J connectivity index is 1.82. The maximum atomic E-state index is 13.0. The maximum Gasteiger partial charge on any atom is 0.254 e. The molecule has 5 nitrogen and oxygen atoms in total. The molecule has 2 aromatic carbocycles. The molecule has 1 aliphatic rings. The summed E-state index contributed by atoms with van der Waals surface area (Å²) >= 11 is 0. The van der Waals surface area contributed by atoms with Gasteiger partial charge in [-0.2, -0.15) is 0 Å². The van der Waals surface area contributed by atoms with Crippen molar-refractivity contribution in [2.75, 3.05) is 19.0 Å². The van der Waals surface area contributed by atoms with Crippen LogP contribution in [0, 0.1) is 5.92 Å². The molecule has 0 aromatic heterocycles. The van der Waals surface area contributed by atoms with Gasteiger partial charge in [-0.3, -0.25) is 9.59 Å². The molecule has 0 saturated carbocycles. The SMILES string of the molecule is COc1ccc(C(=O)N2CCc3ccccc3C2)cc1NC(=O)C(C)C. The fourth-order valence-corrected chi connectivity index (χ4v) is 3.07. The molecule has 0 fully saturated rings. The number of ether oxygens (including phenoxy) is 1. The number of nitrogens with one attached hydrogen (secondary N) is 1. The van der Waals surface area contributed by atoms with E-state index in [4.69, 9.17) is 4.74 Å². The highest BCUT2D eigenvalue weighted by molar-refractivity contribution is 5.98. The lowest BCUT2D eigenvalue weighted by Crippen LogP contribution is -2.36. The van der Waals surface area contributed by atoms with Crippen LogP contribution < -0.4 is 10.1 Å². The van der Waals surface area contributed by atoms with Gasteiger partial charge in [0.1, 0.15) is 5.75 Å².